The fraction of sp³-hybridized carbons (Fsp3) is 0. The highest BCUT2D eigenvalue weighted by Crippen LogP contribution is 2.23. The van der Waals surface area contributed by atoms with Crippen molar-refractivity contribution in [1.29, 1.82) is 0 Å². The molecule has 1 aromatic carbocycles. The molecule has 0 bridgehead atoms. The minimum Gasteiger partial charge on any atom is -0.506 e. The number of phenols is 1. The zero-order chi connectivity index (χ0) is 11.1. The lowest BCUT2D eigenvalue weighted by Crippen LogP contribution is -2.00. The highest BCUT2D eigenvalue weighted by molar-refractivity contribution is 7.85. The minimum atomic E-state index is -4.33. The number of hydrogen-bond acceptors (Lipinski definition) is 4. The average Bonchev–Trinajstić information content (AvgIpc) is 2.16. The van der Waals surface area contributed by atoms with Crippen LogP contribution >= 0.6 is 0 Å². The summed E-state index contributed by atoms with van der Waals surface area (Å²) in [5.74, 6) is -0.127. The smallest absolute Gasteiger partial charge is 0.312 e. The first-order chi connectivity index (χ1) is 6.98. The summed E-state index contributed by atoms with van der Waals surface area (Å²) in [6.45, 7) is 0. The third-order valence-corrected chi connectivity index (χ3v) is 2.69. The number of aromatic nitrogens is 1. The average molecular weight is 243 g/mol. The maximum Gasteiger partial charge on any atom is 0.312 e. The number of phenolic OH excluding ortho intramolecular Hbond substituents is 1. The third-order valence-electron chi connectivity index (χ3n) is 1.94. The van der Waals surface area contributed by atoms with E-state index >= 15 is 0 Å². The van der Waals surface area contributed by atoms with Gasteiger partial charge in [0.25, 0.3) is 0 Å². The van der Waals surface area contributed by atoms with Crippen molar-refractivity contribution >= 4 is 21.0 Å². The summed E-state index contributed by atoms with van der Waals surface area (Å²) in [5.41, 5.74) is 0.146. The lowest BCUT2D eigenvalue weighted by Gasteiger charge is -2.01. The normalized spacial score (nSPS) is 11.1. The molecule has 1 heterocycles. The van der Waals surface area contributed by atoms with Crippen LogP contribution in [0.2, 0.25) is 0 Å². The largest absolute Gasteiger partial charge is 0.506 e. The van der Waals surface area contributed by atoms with E-state index < -0.39 is 15.1 Å². The monoisotopic (exact) mass is 243 g/mol. The molecule has 7 heteroatoms. The summed E-state index contributed by atoms with van der Waals surface area (Å²) < 4.78 is 30.4. The molecule has 0 spiro atoms. The SMILES string of the molecule is O.O=S(=O)(O)c1ccc2cccc(O)c2n1. The van der Waals surface area contributed by atoms with Crippen LogP contribution in [-0.4, -0.2) is 28.5 Å². The molecule has 2 rings (SSSR count). The van der Waals surface area contributed by atoms with Gasteiger partial charge in [0.15, 0.2) is 5.03 Å². The topological polar surface area (TPSA) is 119 Å². The number of pyridine rings is 1. The van der Waals surface area contributed by atoms with Gasteiger partial charge in [0.05, 0.1) is 0 Å². The van der Waals surface area contributed by atoms with Gasteiger partial charge in [0.1, 0.15) is 11.3 Å². The second kappa shape index (κ2) is 4.05. The molecular formula is C9H9NO5S. The molecular weight excluding hydrogens is 234 g/mol. The van der Waals surface area contributed by atoms with E-state index in [1.807, 2.05) is 0 Å². The Morgan fingerprint density at radius 1 is 1.12 bits per heavy atom. The van der Waals surface area contributed by atoms with Crippen LogP contribution in [0.15, 0.2) is 35.4 Å². The molecule has 0 aliphatic rings. The molecule has 0 amide bonds. The molecule has 86 valence electrons. The van der Waals surface area contributed by atoms with E-state index in [9.17, 15) is 13.5 Å². The van der Waals surface area contributed by atoms with Crippen LogP contribution in [0.1, 0.15) is 0 Å². The van der Waals surface area contributed by atoms with Gasteiger partial charge < -0.3 is 10.6 Å². The second-order valence-electron chi connectivity index (χ2n) is 2.97. The number of aromatic hydroxyl groups is 1. The van der Waals surface area contributed by atoms with E-state index in [1.165, 1.54) is 18.2 Å². The Labute approximate surface area is 91.2 Å². The van der Waals surface area contributed by atoms with Crippen molar-refractivity contribution in [2.24, 2.45) is 0 Å². The zero-order valence-corrected chi connectivity index (χ0v) is 8.77. The van der Waals surface area contributed by atoms with Gasteiger partial charge in [0.2, 0.25) is 0 Å². The molecule has 0 aliphatic carbocycles. The lowest BCUT2D eigenvalue weighted by atomic mass is 10.2. The summed E-state index contributed by atoms with van der Waals surface area (Å²) in [6, 6.07) is 7.33. The van der Waals surface area contributed by atoms with Gasteiger partial charge >= 0.3 is 10.1 Å². The molecule has 0 saturated heterocycles. The molecule has 0 saturated carbocycles. The van der Waals surface area contributed by atoms with E-state index in [4.69, 9.17) is 4.55 Å². The molecule has 16 heavy (non-hydrogen) atoms. The Balaban J connectivity index is 0.00000128. The van der Waals surface area contributed by atoms with Crippen LogP contribution in [0, 0.1) is 0 Å². The lowest BCUT2D eigenvalue weighted by molar-refractivity contribution is 0.476. The molecule has 0 fully saturated rings. The van der Waals surface area contributed by atoms with Gasteiger partial charge in [-0.2, -0.15) is 8.42 Å². The van der Waals surface area contributed by atoms with E-state index in [0.717, 1.165) is 0 Å². The van der Waals surface area contributed by atoms with Crippen molar-refractivity contribution in [3.63, 3.8) is 0 Å². The van der Waals surface area contributed by atoms with Gasteiger partial charge in [-0.3, -0.25) is 4.55 Å². The molecule has 2 aromatic rings. The van der Waals surface area contributed by atoms with E-state index in [2.05, 4.69) is 4.98 Å². The summed E-state index contributed by atoms with van der Waals surface area (Å²) >= 11 is 0. The van der Waals surface area contributed by atoms with E-state index in [-0.39, 0.29) is 16.7 Å². The fourth-order valence-electron chi connectivity index (χ4n) is 1.26. The summed E-state index contributed by atoms with van der Waals surface area (Å²) in [4.78, 5) is 3.66. The van der Waals surface area contributed by atoms with Crippen LogP contribution in [-0.2, 0) is 10.1 Å². The highest BCUT2D eigenvalue weighted by Gasteiger charge is 2.12. The Kier molecular flexibility index (Phi) is 3.13. The summed E-state index contributed by atoms with van der Waals surface area (Å²) in [5, 5.41) is 9.55. The van der Waals surface area contributed by atoms with Crippen molar-refractivity contribution in [1.82, 2.24) is 4.98 Å². The van der Waals surface area contributed by atoms with Crippen molar-refractivity contribution in [3.05, 3.63) is 30.3 Å². The molecule has 1 aromatic heterocycles. The zero-order valence-electron chi connectivity index (χ0n) is 7.95. The number of para-hydroxylation sites is 1. The van der Waals surface area contributed by atoms with Gasteiger partial charge in [-0.25, -0.2) is 4.98 Å². The first-order valence-electron chi connectivity index (χ1n) is 4.05. The molecule has 6 nitrogen and oxygen atoms in total. The maximum atomic E-state index is 10.8. The molecule has 0 aliphatic heterocycles. The first-order valence-corrected chi connectivity index (χ1v) is 5.49. The quantitative estimate of drug-likeness (QED) is 0.701. The standard InChI is InChI=1S/C9H7NO4S.H2O/c11-7-3-1-2-6-4-5-8(10-9(6)7)15(12,13)14;/h1-5,11H,(H,12,13,14);1H2. The predicted octanol–water partition coefficient (Wildman–Crippen LogP) is 0.362. The Bertz CT molecular complexity index is 623. The van der Waals surface area contributed by atoms with Gasteiger partial charge in [-0.05, 0) is 18.2 Å². The predicted molar refractivity (Wildman–Crippen MR) is 56.8 cm³/mol. The first kappa shape index (κ1) is 12.4. The van der Waals surface area contributed by atoms with Crippen molar-refractivity contribution in [3.8, 4) is 5.75 Å². The Morgan fingerprint density at radius 3 is 2.44 bits per heavy atom. The molecule has 4 N–H and O–H groups in total. The highest BCUT2D eigenvalue weighted by atomic mass is 32.2. The molecule has 0 radical (unpaired) electrons. The number of rotatable bonds is 1. The van der Waals surface area contributed by atoms with Gasteiger partial charge in [-0.1, -0.05) is 12.1 Å². The third kappa shape index (κ3) is 2.11. The fourth-order valence-corrected chi connectivity index (χ4v) is 1.70. The van der Waals surface area contributed by atoms with E-state index in [0.29, 0.717) is 5.39 Å². The number of benzene rings is 1. The minimum absolute atomic E-state index is 0. The Morgan fingerprint density at radius 2 is 1.81 bits per heavy atom. The van der Waals surface area contributed by atoms with Crippen LogP contribution in [0.4, 0.5) is 0 Å². The van der Waals surface area contributed by atoms with Crippen LogP contribution < -0.4 is 0 Å². The second-order valence-corrected chi connectivity index (χ2v) is 4.34. The number of fused-ring (bicyclic) bond motifs is 1. The van der Waals surface area contributed by atoms with Crippen molar-refractivity contribution in [2.75, 3.05) is 0 Å². The number of nitrogens with zero attached hydrogens (tertiary/aromatic N) is 1. The van der Waals surface area contributed by atoms with Gasteiger partial charge in [-0.15, -0.1) is 0 Å². The molecule has 0 unspecified atom stereocenters. The maximum absolute atomic E-state index is 10.8. The van der Waals surface area contributed by atoms with Crippen LogP contribution in [0.5, 0.6) is 5.75 Å². The van der Waals surface area contributed by atoms with Crippen molar-refractivity contribution < 1.29 is 23.6 Å². The van der Waals surface area contributed by atoms with Gasteiger partial charge in [0, 0.05) is 5.39 Å². The summed E-state index contributed by atoms with van der Waals surface area (Å²) in [6.07, 6.45) is 0. The Hall–Kier alpha value is -1.70. The summed E-state index contributed by atoms with van der Waals surface area (Å²) in [7, 11) is -4.33. The molecule has 0 atom stereocenters. The van der Waals surface area contributed by atoms with Crippen LogP contribution in [0.3, 0.4) is 0 Å². The van der Waals surface area contributed by atoms with E-state index in [1.54, 1.807) is 12.1 Å². The number of hydrogen-bond donors (Lipinski definition) is 2. The van der Waals surface area contributed by atoms with Crippen LogP contribution in [0.25, 0.3) is 10.9 Å². The van der Waals surface area contributed by atoms with Crippen molar-refractivity contribution in [2.45, 2.75) is 5.03 Å².